The third-order valence-corrected chi connectivity index (χ3v) is 4.43. The van der Waals surface area contributed by atoms with Crippen LogP contribution in [0.15, 0.2) is 36.4 Å². The summed E-state index contributed by atoms with van der Waals surface area (Å²) in [7, 11) is 0. The fourth-order valence-electron chi connectivity index (χ4n) is 2.54. The first-order valence-electron chi connectivity index (χ1n) is 6.27. The maximum absolute atomic E-state index is 13.1. The van der Waals surface area contributed by atoms with Crippen LogP contribution >= 0.6 is 22.6 Å². The first-order valence-corrected chi connectivity index (χ1v) is 7.34. The Bertz CT molecular complexity index is 664. The van der Waals surface area contributed by atoms with Crippen molar-refractivity contribution in [2.75, 3.05) is 0 Å². The van der Waals surface area contributed by atoms with Crippen LogP contribution in [0.25, 0.3) is 0 Å². The van der Waals surface area contributed by atoms with E-state index in [-0.39, 0.29) is 11.6 Å². The summed E-state index contributed by atoms with van der Waals surface area (Å²) >= 11 is 2.00. The number of halogens is 2. The van der Waals surface area contributed by atoms with E-state index in [1.54, 1.807) is 6.07 Å². The van der Waals surface area contributed by atoms with Gasteiger partial charge in [0, 0.05) is 14.7 Å². The molecular formula is C16H12FIO. The molecule has 96 valence electrons. The van der Waals surface area contributed by atoms with Gasteiger partial charge in [0.1, 0.15) is 5.82 Å². The van der Waals surface area contributed by atoms with Gasteiger partial charge < -0.3 is 0 Å². The molecule has 0 N–H and O–H groups in total. The van der Waals surface area contributed by atoms with Crippen LogP contribution in [0.1, 0.15) is 33.5 Å². The fourth-order valence-corrected chi connectivity index (χ4v) is 3.26. The highest BCUT2D eigenvalue weighted by molar-refractivity contribution is 14.1. The normalized spacial score (nSPS) is 13.4. The van der Waals surface area contributed by atoms with Gasteiger partial charge in [0.2, 0.25) is 0 Å². The zero-order chi connectivity index (χ0) is 13.4. The molecule has 0 aromatic heterocycles. The van der Waals surface area contributed by atoms with Gasteiger partial charge in [0.25, 0.3) is 0 Å². The Balaban J connectivity index is 2.00. The lowest BCUT2D eigenvalue weighted by molar-refractivity contribution is 0.103. The molecule has 0 radical (unpaired) electrons. The van der Waals surface area contributed by atoms with E-state index in [0.717, 1.165) is 12.8 Å². The highest BCUT2D eigenvalue weighted by atomic mass is 127. The minimum absolute atomic E-state index is 0.0286. The van der Waals surface area contributed by atoms with Crippen LogP contribution in [0.5, 0.6) is 0 Å². The lowest BCUT2D eigenvalue weighted by Crippen LogP contribution is -2.05. The van der Waals surface area contributed by atoms with E-state index in [0.29, 0.717) is 14.7 Å². The quantitative estimate of drug-likeness (QED) is 0.577. The minimum Gasteiger partial charge on any atom is -0.289 e. The third kappa shape index (κ3) is 2.43. The van der Waals surface area contributed by atoms with E-state index < -0.39 is 0 Å². The Labute approximate surface area is 125 Å². The molecule has 1 nitrogen and oxygen atoms in total. The van der Waals surface area contributed by atoms with Crippen LogP contribution in [0.2, 0.25) is 0 Å². The molecule has 0 unspecified atom stereocenters. The first-order chi connectivity index (χ1) is 9.15. The van der Waals surface area contributed by atoms with Crippen LogP contribution in [0.4, 0.5) is 4.39 Å². The number of carbonyl (C=O) groups is 1. The van der Waals surface area contributed by atoms with Crippen LogP contribution in [-0.2, 0) is 12.8 Å². The van der Waals surface area contributed by atoms with Gasteiger partial charge in [-0.1, -0.05) is 12.1 Å². The van der Waals surface area contributed by atoms with Crippen LogP contribution in [0.3, 0.4) is 0 Å². The molecule has 3 heteroatoms. The molecule has 2 aromatic rings. The van der Waals surface area contributed by atoms with Crippen molar-refractivity contribution in [1.82, 2.24) is 0 Å². The zero-order valence-corrected chi connectivity index (χ0v) is 12.4. The Morgan fingerprint density at radius 1 is 1.05 bits per heavy atom. The van der Waals surface area contributed by atoms with Gasteiger partial charge in [-0.05, 0) is 77.2 Å². The Hall–Kier alpha value is -1.23. The smallest absolute Gasteiger partial charge is 0.194 e. The average Bonchev–Trinajstić information content (AvgIpc) is 2.85. The van der Waals surface area contributed by atoms with Gasteiger partial charge in [-0.3, -0.25) is 4.79 Å². The summed E-state index contributed by atoms with van der Waals surface area (Å²) in [6.45, 7) is 0. The summed E-state index contributed by atoms with van der Waals surface area (Å²) in [6, 6.07) is 10.2. The van der Waals surface area contributed by atoms with Crippen molar-refractivity contribution in [3.63, 3.8) is 0 Å². The van der Waals surface area contributed by atoms with Crippen molar-refractivity contribution in [3.8, 4) is 0 Å². The molecule has 2 aromatic carbocycles. The van der Waals surface area contributed by atoms with E-state index in [9.17, 15) is 9.18 Å². The summed E-state index contributed by atoms with van der Waals surface area (Å²) in [6.07, 6.45) is 3.33. The highest BCUT2D eigenvalue weighted by Crippen LogP contribution is 2.25. The fraction of sp³-hybridized carbons (Fsp3) is 0.188. The van der Waals surface area contributed by atoms with Crippen molar-refractivity contribution in [2.45, 2.75) is 19.3 Å². The third-order valence-electron chi connectivity index (χ3n) is 3.54. The van der Waals surface area contributed by atoms with Crippen LogP contribution in [0, 0.1) is 9.39 Å². The second-order valence-electron chi connectivity index (χ2n) is 4.79. The SMILES string of the molecule is O=C(c1ccc2c(c1)CCC2)c1ccc(F)cc1I. The molecule has 0 bridgehead atoms. The largest absolute Gasteiger partial charge is 0.289 e. The molecule has 0 spiro atoms. The molecular weight excluding hydrogens is 354 g/mol. The van der Waals surface area contributed by atoms with E-state index >= 15 is 0 Å². The second-order valence-corrected chi connectivity index (χ2v) is 5.95. The maximum atomic E-state index is 13.1. The van der Waals surface area contributed by atoms with Gasteiger partial charge in [0.15, 0.2) is 5.78 Å². The topological polar surface area (TPSA) is 17.1 Å². The number of benzene rings is 2. The molecule has 0 heterocycles. The highest BCUT2D eigenvalue weighted by Gasteiger charge is 2.17. The van der Waals surface area contributed by atoms with Crippen molar-refractivity contribution >= 4 is 28.4 Å². The monoisotopic (exact) mass is 366 g/mol. The number of aryl methyl sites for hydroxylation is 2. The molecule has 0 aliphatic heterocycles. The van der Waals surface area contributed by atoms with Crippen molar-refractivity contribution < 1.29 is 9.18 Å². The number of ketones is 1. The number of fused-ring (bicyclic) bond motifs is 1. The van der Waals surface area contributed by atoms with E-state index in [4.69, 9.17) is 0 Å². The van der Waals surface area contributed by atoms with Gasteiger partial charge >= 0.3 is 0 Å². The van der Waals surface area contributed by atoms with Crippen LogP contribution in [-0.4, -0.2) is 5.78 Å². The lowest BCUT2D eigenvalue weighted by atomic mass is 9.99. The van der Waals surface area contributed by atoms with E-state index in [1.807, 2.05) is 40.8 Å². The van der Waals surface area contributed by atoms with Gasteiger partial charge in [-0.25, -0.2) is 4.39 Å². The summed E-state index contributed by atoms with van der Waals surface area (Å²) in [4.78, 5) is 12.5. The predicted molar refractivity (Wildman–Crippen MR) is 81.0 cm³/mol. The summed E-state index contributed by atoms with van der Waals surface area (Å²) < 4.78 is 13.7. The molecule has 0 saturated carbocycles. The predicted octanol–water partition coefficient (Wildman–Crippen LogP) is 4.15. The summed E-state index contributed by atoms with van der Waals surface area (Å²) in [5, 5.41) is 0. The average molecular weight is 366 g/mol. The minimum atomic E-state index is -0.310. The van der Waals surface area contributed by atoms with Gasteiger partial charge in [-0.15, -0.1) is 0 Å². The van der Waals surface area contributed by atoms with Gasteiger partial charge in [0.05, 0.1) is 0 Å². The second kappa shape index (κ2) is 5.04. The maximum Gasteiger partial charge on any atom is 0.194 e. The van der Waals surface area contributed by atoms with Crippen LogP contribution < -0.4 is 0 Å². The lowest BCUT2D eigenvalue weighted by Gasteiger charge is -2.06. The first kappa shape index (κ1) is 12.8. The molecule has 0 saturated heterocycles. The van der Waals surface area contributed by atoms with Gasteiger partial charge in [-0.2, -0.15) is 0 Å². The number of hydrogen-bond acceptors (Lipinski definition) is 1. The van der Waals surface area contributed by atoms with Crippen molar-refractivity contribution in [2.24, 2.45) is 0 Å². The van der Waals surface area contributed by atoms with E-state index in [2.05, 4.69) is 0 Å². The number of rotatable bonds is 2. The molecule has 0 atom stereocenters. The summed E-state index contributed by atoms with van der Waals surface area (Å²) in [5.74, 6) is -0.339. The molecule has 1 aliphatic rings. The number of hydrogen-bond donors (Lipinski definition) is 0. The standard InChI is InChI=1S/C16H12FIO/c17-13-6-7-14(15(18)9-13)16(19)12-5-4-10-2-1-3-11(10)8-12/h4-9H,1-3H2. The Kier molecular flexibility index (Phi) is 3.39. The molecule has 0 fully saturated rings. The number of carbonyl (C=O) groups excluding carboxylic acids is 1. The van der Waals surface area contributed by atoms with Crippen molar-refractivity contribution in [3.05, 3.63) is 68.0 Å². The molecule has 0 amide bonds. The van der Waals surface area contributed by atoms with E-state index in [1.165, 1.54) is 29.7 Å². The Morgan fingerprint density at radius 2 is 1.84 bits per heavy atom. The molecule has 1 aliphatic carbocycles. The molecule has 19 heavy (non-hydrogen) atoms. The zero-order valence-electron chi connectivity index (χ0n) is 10.2. The summed E-state index contributed by atoms with van der Waals surface area (Å²) in [5.41, 5.74) is 3.90. The van der Waals surface area contributed by atoms with Crippen molar-refractivity contribution in [1.29, 1.82) is 0 Å². The Morgan fingerprint density at radius 3 is 2.63 bits per heavy atom. The molecule has 3 rings (SSSR count).